The van der Waals surface area contributed by atoms with Crippen LogP contribution in [0, 0.1) is 0 Å². The minimum Gasteiger partial charge on any atom is -0.479 e. The topological polar surface area (TPSA) is 170 Å². The summed E-state index contributed by atoms with van der Waals surface area (Å²) in [6, 6.07) is 0. The molecule has 0 saturated heterocycles. The van der Waals surface area contributed by atoms with Crippen molar-refractivity contribution < 1.29 is 48.3 Å². The highest BCUT2D eigenvalue weighted by molar-refractivity contribution is 5.86. The average molecular weight is 491 g/mol. The summed E-state index contributed by atoms with van der Waals surface area (Å²) < 4.78 is 20.1. The lowest BCUT2D eigenvalue weighted by Crippen LogP contribution is -2.65. The zero-order valence-corrected chi connectivity index (χ0v) is 21.1. The second-order valence-electron chi connectivity index (χ2n) is 10.6. The smallest absolute Gasteiger partial charge is 0.408 e. The van der Waals surface area contributed by atoms with Gasteiger partial charge in [-0.2, -0.15) is 0 Å². The Morgan fingerprint density at radius 3 is 1.12 bits per heavy atom. The van der Waals surface area contributed by atoms with Crippen LogP contribution in [0.3, 0.4) is 0 Å². The Kier molecular flexibility index (Phi) is 9.32. The molecule has 0 radical (unpaired) electrons. The van der Waals surface area contributed by atoms with Crippen molar-refractivity contribution in [3.63, 3.8) is 0 Å². The van der Waals surface area contributed by atoms with Crippen LogP contribution in [0.25, 0.3) is 0 Å². The highest BCUT2D eigenvalue weighted by Gasteiger charge is 2.53. The molecule has 2 aliphatic carbocycles. The minimum atomic E-state index is -1.25. The summed E-state index contributed by atoms with van der Waals surface area (Å²) in [5, 5.41) is 23.1. The fourth-order valence-corrected chi connectivity index (χ4v) is 3.43. The molecule has 0 spiro atoms. The number of alkyl carbamates (subject to hydrolysis) is 2. The predicted molar refractivity (Wildman–Crippen MR) is 120 cm³/mol. The summed E-state index contributed by atoms with van der Waals surface area (Å²) in [6.07, 6.45) is -0.627. The molecule has 0 aromatic rings. The first-order valence-corrected chi connectivity index (χ1v) is 10.9. The molecule has 4 N–H and O–H groups in total. The number of hydrogen-bond acceptors (Lipinski definition) is 8. The second-order valence-corrected chi connectivity index (χ2v) is 10.6. The van der Waals surface area contributed by atoms with E-state index in [4.69, 9.17) is 29.2 Å². The van der Waals surface area contributed by atoms with Gasteiger partial charge in [-0.15, -0.1) is 0 Å². The van der Waals surface area contributed by atoms with E-state index in [1.54, 1.807) is 41.5 Å². The molecule has 2 amide bonds. The first-order chi connectivity index (χ1) is 15.4. The molecule has 2 aliphatic rings. The van der Waals surface area contributed by atoms with E-state index in [0.29, 0.717) is 0 Å². The Hall–Kier alpha value is -2.60. The Morgan fingerprint density at radius 1 is 0.676 bits per heavy atom. The van der Waals surface area contributed by atoms with E-state index in [9.17, 15) is 19.2 Å². The van der Waals surface area contributed by atoms with Gasteiger partial charge in [-0.05, 0) is 41.5 Å². The van der Waals surface area contributed by atoms with Gasteiger partial charge < -0.3 is 39.8 Å². The van der Waals surface area contributed by atoms with Gasteiger partial charge in [-0.1, -0.05) is 0 Å². The second kappa shape index (κ2) is 10.8. The highest BCUT2D eigenvalue weighted by atomic mass is 16.6. The van der Waals surface area contributed by atoms with E-state index in [0.717, 1.165) is 0 Å². The largest absolute Gasteiger partial charge is 0.479 e. The molecule has 2 fully saturated rings. The maximum absolute atomic E-state index is 11.5. The van der Waals surface area contributed by atoms with Gasteiger partial charge >= 0.3 is 24.1 Å². The fourth-order valence-electron chi connectivity index (χ4n) is 3.43. The molecule has 0 aliphatic heterocycles. The maximum atomic E-state index is 11.5. The van der Waals surface area contributed by atoms with Crippen molar-refractivity contribution in [1.82, 2.24) is 10.6 Å². The van der Waals surface area contributed by atoms with Gasteiger partial charge in [0.1, 0.15) is 22.3 Å². The molecule has 12 nitrogen and oxygen atoms in total. The van der Waals surface area contributed by atoms with E-state index in [1.165, 1.54) is 14.2 Å². The lowest BCUT2D eigenvalue weighted by molar-refractivity contribution is -0.156. The monoisotopic (exact) mass is 490 g/mol. The fraction of sp³-hybridized carbons (Fsp3) is 0.818. The van der Waals surface area contributed by atoms with Crippen molar-refractivity contribution in [2.24, 2.45) is 0 Å². The standard InChI is InChI=1S/2C11H19NO5/c2*1-10(2,3)17-9(15)12-11(8(13)14)5-7(6-11)16-4/h2*7H,5-6H2,1-4H3,(H,12,15)(H,13,14). The average Bonchev–Trinajstić information content (AvgIpc) is 2.57. The van der Waals surface area contributed by atoms with Gasteiger partial charge in [0.15, 0.2) is 0 Å². The number of carbonyl (C=O) groups is 4. The third-order valence-electron chi connectivity index (χ3n) is 5.27. The van der Waals surface area contributed by atoms with Crippen molar-refractivity contribution in [2.75, 3.05) is 14.2 Å². The molecule has 2 rings (SSSR count). The first-order valence-electron chi connectivity index (χ1n) is 10.9. The summed E-state index contributed by atoms with van der Waals surface area (Å²) in [5.41, 5.74) is -3.78. The molecular weight excluding hydrogens is 452 g/mol. The maximum Gasteiger partial charge on any atom is 0.408 e. The summed E-state index contributed by atoms with van der Waals surface area (Å²) in [7, 11) is 3.04. The lowest BCUT2D eigenvalue weighted by Gasteiger charge is -2.43. The molecule has 2 saturated carbocycles. The number of ether oxygens (including phenoxy) is 4. The number of methoxy groups -OCH3 is 2. The molecule has 0 aromatic carbocycles. The van der Waals surface area contributed by atoms with Crippen molar-refractivity contribution in [2.45, 2.75) is 102 Å². The normalized spacial score (nSPS) is 28.1. The number of nitrogens with one attached hydrogen (secondary N) is 2. The van der Waals surface area contributed by atoms with Crippen LogP contribution in [-0.2, 0) is 28.5 Å². The van der Waals surface area contributed by atoms with E-state index in [-0.39, 0.29) is 37.9 Å². The van der Waals surface area contributed by atoms with Crippen molar-refractivity contribution in [3.05, 3.63) is 0 Å². The predicted octanol–water partition coefficient (Wildman–Crippen LogP) is 2.29. The minimum absolute atomic E-state index is 0.124. The Balaban J connectivity index is 0.000000340. The molecule has 34 heavy (non-hydrogen) atoms. The van der Waals surface area contributed by atoms with Crippen molar-refractivity contribution in [3.8, 4) is 0 Å². The summed E-state index contributed by atoms with van der Waals surface area (Å²) in [6.45, 7) is 10.3. The van der Waals surface area contributed by atoms with Gasteiger partial charge in [0.05, 0.1) is 12.2 Å². The van der Waals surface area contributed by atoms with E-state index in [1.807, 2.05) is 0 Å². The van der Waals surface area contributed by atoms with E-state index >= 15 is 0 Å². The summed E-state index contributed by atoms with van der Waals surface area (Å²) in [5.74, 6) is -2.12. The van der Waals surface area contributed by atoms with Crippen molar-refractivity contribution in [1.29, 1.82) is 0 Å². The van der Waals surface area contributed by atoms with E-state index < -0.39 is 46.4 Å². The molecule has 0 unspecified atom stereocenters. The Labute approximate surface area is 199 Å². The summed E-state index contributed by atoms with van der Waals surface area (Å²) in [4.78, 5) is 45.3. The van der Waals surface area contributed by atoms with Crippen molar-refractivity contribution >= 4 is 24.1 Å². The van der Waals surface area contributed by atoms with Crippen LogP contribution in [0.2, 0.25) is 0 Å². The van der Waals surface area contributed by atoms with Crippen LogP contribution in [-0.4, -0.2) is 83.0 Å². The Morgan fingerprint density at radius 2 is 0.941 bits per heavy atom. The number of carboxylic acid groups (broad SMARTS) is 2. The van der Waals surface area contributed by atoms with Gasteiger partial charge in [-0.25, -0.2) is 19.2 Å². The zero-order valence-electron chi connectivity index (χ0n) is 21.1. The van der Waals surface area contributed by atoms with Crippen LogP contribution < -0.4 is 10.6 Å². The van der Waals surface area contributed by atoms with Crippen LogP contribution in [0.1, 0.15) is 67.2 Å². The SMILES string of the molecule is COC1CC(NC(=O)OC(C)(C)C)(C(=O)O)C1.COC1CC(NC(=O)OC(C)(C)C)(C(=O)O)C1. The lowest BCUT2D eigenvalue weighted by atomic mass is 9.74. The first kappa shape index (κ1) is 29.4. The Bertz CT molecular complexity index is 693. The molecule has 0 atom stereocenters. The number of aliphatic carboxylic acids is 2. The van der Waals surface area contributed by atoms with Crippen LogP contribution in [0.4, 0.5) is 9.59 Å². The van der Waals surface area contributed by atoms with Crippen LogP contribution >= 0.6 is 0 Å². The molecule has 12 heteroatoms. The van der Waals surface area contributed by atoms with Gasteiger partial charge in [0.25, 0.3) is 0 Å². The molecule has 0 bridgehead atoms. The molecule has 0 aromatic heterocycles. The molecule has 0 heterocycles. The quantitative estimate of drug-likeness (QED) is 0.433. The molecular formula is C22H38N2O10. The third kappa shape index (κ3) is 8.32. The van der Waals surface area contributed by atoms with Crippen LogP contribution in [0.15, 0.2) is 0 Å². The highest BCUT2D eigenvalue weighted by Crippen LogP contribution is 2.35. The summed E-state index contributed by atoms with van der Waals surface area (Å²) >= 11 is 0. The van der Waals surface area contributed by atoms with Gasteiger partial charge in [0.2, 0.25) is 0 Å². The zero-order chi connectivity index (χ0) is 26.5. The number of hydrogen-bond donors (Lipinski definition) is 4. The number of amides is 2. The van der Waals surface area contributed by atoms with Gasteiger partial charge in [0, 0.05) is 39.9 Å². The van der Waals surface area contributed by atoms with Gasteiger partial charge in [-0.3, -0.25) is 0 Å². The van der Waals surface area contributed by atoms with E-state index in [2.05, 4.69) is 10.6 Å². The molecule has 196 valence electrons. The number of carbonyl (C=O) groups excluding carboxylic acids is 2. The number of carboxylic acids is 2. The number of rotatable bonds is 6. The van der Waals surface area contributed by atoms with Crippen LogP contribution in [0.5, 0.6) is 0 Å². The third-order valence-corrected chi connectivity index (χ3v) is 5.27.